The van der Waals surface area contributed by atoms with Crippen molar-refractivity contribution in [2.24, 2.45) is 11.8 Å². The molecule has 3 rings (SSSR count). The molecular weight excluding hydrogens is 600 g/mol. The van der Waals surface area contributed by atoms with E-state index in [2.05, 4.69) is 108 Å². The highest BCUT2D eigenvalue weighted by molar-refractivity contribution is 9.27. The fourth-order valence-corrected chi connectivity index (χ4v) is 10.1. The SMILES string of the molecule is BrC1=C(Br)C2(Br)C(C3C=CC2(Br)C3)C1(Br)Br. The maximum absolute atomic E-state index is 3.97. The molecule has 16 heavy (non-hydrogen) atoms. The van der Waals surface area contributed by atoms with Gasteiger partial charge in [-0.25, -0.2) is 0 Å². The number of halogens is 6. The average molecular weight is 606 g/mol. The molecule has 6 heteroatoms. The summed E-state index contributed by atoms with van der Waals surface area (Å²) in [6.45, 7) is 0. The van der Waals surface area contributed by atoms with E-state index in [1.54, 1.807) is 0 Å². The van der Waals surface area contributed by atoms with E-state index in [0.29, 0.717) is 11.8 Å². The Bertz CT molecular complexity index is 439. The Hall–Kier alpha value is 2.36. The summed E-state index contributed by atoms with van der Waals surface area (Å²) in [6, 6.07) is 0. The number of allylic oxidation sites excluding steroid dienone is 4. The average Bonchev–Trinajstić information content (AvgIpc) is 2.71. The van der Waals surface area contributed by atoms with Crippen LogP contribution in [0.1, 0.15) is 6.42 Å². The highest BCUT2D eigenvalue weighted by atomic mass is 79.9. The van der Waals surface area contributed by atoms with Crippen molar-refractivity contribution >= 4 is 95.6 Å². The number of fused-ring (bicyclic) bond motifs is 5. The Morgan fingerprint density at radius 3 is 2.25 bits per heavy atom. The van der Waals surface area contributed by atoms with Gasteiger partial charge in [0.25, 0.3) is 0 Å². The fraction of sp³-hybridized carbons (Fsp3) is 0.600. The first kappa shape index (κ1) is 13.3. The van der Waals surface area contributed by atoms with E-state index in [0.717, 1.165) is 10.9 Å². The van der Waals surface area contributed by atoms with Crippen molar-refractivity contribution in [1.82, 2.24) is 0 Å². The Morgan fingerprint density at radius 1 is 1.06 bits per heavy atom. The van der Waals surface area contributed by atoms with Crippen LogP contribution < -0.4 is 0 Å². The van der Waals surface area contributed by atoms with E-state index in [1.165, 1.54) is 4.48 Å². The van der Waals surface area contributed by atoms with Gasteiger partial charge in [-0.3, -0.25) is 0 Å². The van der Waals surface area contributed by atoms with Gasteiger partial charge in [0.05, 0.1) is 8.65 Å². The maximum Gasteiger partial charge on any atom is 0.118 e. The first-order valence-corrected chi connectivity index (χ1v) is 9.52. The monoisotopic (exact) mass is 600 g/mol. The van der Waals surface area contributed by atoms with E-state index in [4.69, 9.17) is 0 Å². The Morgan fingerprint density at radius 2 is 1.69 bits per heavy atom. The van der Waals surface area contributed by atoms with Crippen molar-refractivity contribution in [1.29, 1.82) is 0 Å². The molecule has 0 aliphatic heterocycles. The number of rotatable bonds is 0. The third-order valence-electron chi connectivity index (χ3n) is 3.80. The molecule has 1 saturated carbocycles. The summed E-state index contributed by atoms with van der Waals surface area (Å²) in [6.07, 6.45) is 5.74. The quantitative estimate of drug-likeness (QED) is 0.236. The van der Waals surface area contributed by atoms with Crippen molar-refractivity contribution in [3.8, 4) is 0 Å². The van der Waals surface area contributed by atoms with Gasteiger partial charge in [-0.15, -0.1) is 0 Å². The molecule has 4 atom stereocenters. The minimum atomic E-state index is -0.187. The fourth-order valence-electron chi connectivity index (χ4n) is 3.09. The molecule has 3 aliphatic rings. The molecular formula is C10H6Br6. The molecule has 0 amide bonds. The van der Waals surface area contributed by atoms with Gasteiger partial charge in [0.1, 0.15) is 3.23 Å². The van der Waals surface area contributed by atoms with E-state index in [9.17, 15) is 0 Å². The van der Waals surface area contributed by atoms with Crippen molar-refractivity contribution in [3.05, 3.63) is 21.1 Å². The molecule has 3 aliphatic carbocycles. The van der Waals surface area contributed by atoms with Gasteiger partial charge in [-0.1, -0.05) is 108 Å². The lowest BCUT2D eigenvalue weighted by molar-refractivity contribution is 0.441. The summed E-state index contributed by atoms with van der Waals surface area (Å²) >= 11 is 22.9. The lowest BCUT2D eigenvalue weighted by atomic mass is 9.85. The molecule has 0 nitrogen and oxygen atoms in total. The second-order valence-corrected chi connectivity index (χ2v) is 12.3. The molecule has 88 valence electrons. The Balaban J connectivity index is 2.27. The predicted molar refractivity (Wildman–Crippen MR) is 89.5 cm³/mol. The molecule has 2 bridgehead atoms. The van der Waals surface area contributed by atoms with Crippen molar-refractivity contribution in [3.63, 3.8) is 0 Å². The zero-order valence-electron chi connectivity index (χ0n) is 7.78. The maximum atomic E-state index is 3.97. The summed E-state index contributed by atoms with van der Waals surface area (Å²) in [5, 5.41) is 0. The summed E-state index contributed by atoms with van der Waals surface area (Å²) in [4.78, 5) is 0. The molecule has 1 fully saturated rings. The normalized spacial score (nSPS) is 52.6. The third-order valence-corrected chi connectivity index (χ3v) is 13.1. The van der Waals surface area contributed by atoms with Crippen molar-refractivity contribution in [2.75, 3.05) is 0 Å². The minimum Gasteiger partial charge on any atom is -0.0835 e. The molecule has 0 saturated heterocycles. The van der Waals surface area contributed by atoms with Crippen LogP contribution >= 0.6 is 95.6 Å². The molecule has 0 aromatic carbocycles. The summed E-state index contributed by atoms with van der Waals surface area (Å²) in [7, 11) is 0. The van der Waals surface area contributed by atoms with E-state index in [1.807, 2.05) is 0 Å². The summed E-state index contributed by atoms with van der Waals surface area (Å²) < 4.78 is 2.07. The van der Waals surface area contributed by atoms with Gasteiger partial charge in [0.15, 0.2) is 0 Å². The van der Waals surface area contributed by atoms with Gasteiger partial charge >= 0.3 is 0 Å². The lowest BCUT2D eigenvalue weighted by Gasteiger charge is -2.40. The highest BCUT2D eigenvalue weighted by Gasteiger charge is 2.73. The lowest BCUT2D eigenvalue weighted by Crippen LogP contribution is -2.45. The number of alkyl halides is 4. The second-order valence-electron chi connectivity index (χ2n) is 4.53. The standard InChI is InChI=1S/C10H6Br6/c11-6-7(12)10(15,16)5-4-1-2-8(13,3-4)9(5,6)14/h1-2,4-5H,3H2. The zero-order chi connectivity index (χ0) is 11.9. The Labute approximate surface area is 145 Å². The van der Waals surface area contributed by atoms with Crippen molar-refractivity contribution in [2.45, 2.75) is 18.3 Å². The zero-order valence-corrected chi connectivity index (χ0v) is 17.3. The van der Waals surface area contributed by atoms with Crippen LogP contribution in [-0.2, 0) is 0 Å². The van der Waals surface area contributed by atoms with Gasteiger partial charge in [-0.2, -0.15) is 0 Å². The Kier molecular flexibility index (Phi) is 3.10. The van der Waals surface area contributed by atoms with Crippen LogP contribution in [0.5, 0.6) is 0 Å². The molecule has 0 radical (unpaired) electrons. The predicted octanol–water partition coefficient (Wildman–Crippen LogP) is 5.96. The topological polar surface area (TPSA) is 0 Å². The first-order chi connectivity index (χ1) is 7.25. The molecule has 0 aromatic heterocycles. The third kappa shape index (κ3) is 1.31. The summed E-state index contributed by atoms with van der Waals surface area (Å²) in [5.41, 5.74) is 0. The smallest absolute Gasteiger partial charge is 0.0835 e. The van der Waals surface area contributed by atoms with Crippen LogP contribution in [0.2, 0.25) is 0 Å². The van der Waals surface area contributed by atoms with Gasteiger partial charge in [-0.05, 0) is 12.3 Å². The van der Waals surface area contributed by atoms with E-state index >= 15 is 0 Å². The molecule has 0 N–H and O–H groups in total. The van der Waals surface area contributed by atoms with Crippen LogP contribution in [-0.4, -0.2) is 11.9 Å². The van der Waals surface area contributed by atoms with Crippen LogP contribution in [0.4, 0.5) is 0 Å². The largest absolute Gasteiger partial charge is 0.118 e. The number of hydrogen-bond acceptors (Lipinski definition) is 0. The van der Waals surface area contributed by atoms with Crippen LogP contribution in [0, 0.1) is 11.8 Å². The van der Waals surface area contributed by atoms with Crippen LogP contribution in [0.15, 0.2) is 21.1 Å². The van der Waals surface area contributed by atoms with Crippen LogP contribution in [0.3, 0.4) is 0 Å². The summed E-state index contributed by atoms with van der Waals surface area (Å²) in [5.74, 6) is 1.01. The minimum absolute atomic E-state index is 0.0104. The van der Waals surface area contributed by atoms with Crippen molar-refractivity contribution < 1.29 is 0 Å². The van der Waals surface area contributed by atoms with Gasteiger partial charge in [0.2, 0.25) is 0 Å². The van der Waals surface area contributed by atoms with E-state index in [-0.39, 0.29) is 11.9 Å². The van der Waals surface area contributed by atoms with Gasteiger partial charge in [0, 0.05) is 14.9 Å². The van der Waals surface area contributed by atoms with Crippen LogP contribution in [0.25, 0.3) is 0 Å². The van der Waals surface area contributed by atoms with E-state index < -0.39 is 0 Å². The first-order valence-electron chi connectivity index (χ1n) is 4.76. The highest BCUT2D eigenvalue weighted by Crippen LogP contribution is 2.76. The molecule has 0 aromatic rings. The molecule has 0 heterocycles. The van der Waals surface area contributed by atoms with Gasteiger partial charge < -0.3 is 0 Å². The molecule has 0 spiro atoms. The second kappa shape index (κ2) is 3.72. The molecule has 4 unspecified atom stereocenters. The number of hydrogen-bond donors (Lipinski definition) is 0.